The Kier molecular flexibility index (Phi) is 3.27. The molecule has 0 aliphatic carbocycles. The fourth-order valence-electron chi connectivity index (χ4n) is 1.61. The minimum atomic E-state index is 0.585. The molecule has 0 aliphatic rings. The number of furan rings is 1. The molecular weight excluding hydrogens is 200 g/mol. The van der Waals surface area contributed by atoms with Gasteiger partial charge < -0.3 is 15.1 Å². The quantitative estimate of drug-likeness (QED) is 0.853. The number of hydrogen-bond acceptors (Lipinski definition) is 3. The lowest BCUT2D eigenvalue weighted by molar-refractivity contribution is 0.507. The molecule has 16 heavy (non-hydrogen) atoms. The van der Waals surface area contributed by atoms with Gasteiger partial charge in [0.25, 0.3) is 0 Å². The van der Waals surface area contributed by atoms with Crippen molar-refractivity contribution in [2.75, 3.05) is 11.9 Å². The monoisotopic (exact) mass is 216 g/mol. The van der Waals surface area contributed by atoms with E-state index in [0.717, 1.165) is 23.6 Å². The van der Waals surface area contributed by atoms with E-state index in [0.29, 0.717) is 6.54 Å². The third-order valence-electron chi connectivity index (χ3n) is 2.59. The van der Waals surface area contributed by atoms with Crippen molar-refractivity contribution in [2.45, 2.75) is 13.1 Å². The molecule has 2 aromatic rings. The summed E-state index contributed by atoms with van der Waals surface area (Å²) < 4.78 is 5.31. The van der Waals surface area contributed by atoms with E-state index in [1.54, 1.807) is 6.26 Å². The van der Waals surface area contributed by atoms with Crippen LogP contribution in [0.15, 0.2) is 47.1 Å². The Morgan fingerprint density at radius 3 is 2.50 bits per heavy atom. The molecule has 0 atom stereocenters. The first-order valence-electron chi connectivity index (χ1n) is 5.32. The van der Waals surface area contributed by atoms with Crippen molar-refractivity contribution in [3.05, 3.63) is 54.0 Å². The summed E-state index contributed by atoms with van der Waals surface area (Å²) in [6.07, 6.45) is 1.70. The van der Waals surface area contributed by atoms with Gasteiger partial charge in [0.2, 0.25) is 0 Å². The molecule has 0 saturated heterocycles. The van der Waals surface area contributed by atoms with E-state index < -0.39 is 0 Å². The molecule has 0 spiro atoms. The molecule has 0 fully saturated rings. The highest BCUT2D eigenvalue weighted by Crippen LogP contribution is 2.16. The number of nitrogens with zero attached hydrogens (tertiary/aromatic N) is 1. The van der Waals surface area contributed by atoms with E-state index >= 15 is 0 Å². The lowest BCUT2D eigenvalue weighted by Crippen LogP contribution is -2.15. The first kappa shape index (κ1) is 10.8. The molecule has 0 radical (unpaired) electrons. The van der Waals surface area contributed by atoms with Gasteiger partial charge in [0.1, 0.15) is 5.76 Å². The number of anilines is 1. The van der Waals surface area contributed by atoms with Crippen LogP contribution < -0.4 is 10.6 Å². The van der Waals surface area contributed by atoms with Crippen LogP contribution in [-0.4, -0.2) is 7.05 Å². The van der Waals surface area contributed by atoms with Gasteiger partial charge >= 0.3 is 0 Å². The van der Waals surface area contributed by atoms with Crippen LogP contribution in [0, 0.1) is 0 Å². The molecule has 0 bridgehead atoms. The molecule has 0 aliphatic heterocycles. The normalized spacial score (nSPS) is 10.4. The highest BCUT2D eigenvalue weighted by atomic mass is 16.3. The molecule has 0 saturated carbocycles. The Labute approximate surface area is 95.5 Å². The van der Waals surface area contributed by atoms with Crippen molar-refractivity contribution in [3.63, 3.8) is 0 Å². The van der Waals surface area contributed by atoms with Crippen molar-refractivity contribution in [1.29, 1.82) is 0 Å². The maximum atomic E-state index is 5.56. The van der Waals surface area contributed by atoms with Crippen LogP contribution in [0.2, 0.25) is 0 Å². The van der Waals surface area contributed by atoms with Gasteiger partial charge in [-0.1, -0.05) is 12.1 Å². The average molecular weight is 216 g/mol. The van der Waals surface area contributed by atoms with Gasteiger partial charge in [-0.3, -0.25) is 0 Å². The van der Waals surface area contributed by atoms with Gasteiger partial charge in [-0.15, -0.1) is 0 Å². The second-order valence-electron chi connectivity index (χ2n) is 3.81. The van der Waals surface area contributed by atoms with Crippen LogP contribution in [0.1, 0.15) is 11.3 Å². The summed E-state index contributed by atoms with van der Waals surface area (Å²) in [7, 11) is 2.04. The summed E-state index contributed by atoms with van der Waals surface area (Å²) in [6.45, 7) is 1.36. The molecule has 84 valence electrons. The predicted molar refractivity (Wildman–Crippen MR) is 65.1 cm³/mol. The zero-order valence-corrected chi connectivity index (χ0v) is 9.39. The van der Waals surface area contributed by atoms with Gasteiger partial charge in [-0.2, -0.15) is 0 Å². The molecule has 1 aromatic carbocycles. The Morgan fingerprint density at radius 2 is 1.94 bits per heavy atom. The summed E-state index contributed by atoms with van der Waals surface area (Å²) in [6, 6.07) is 12.1. The van der Waals surface area contributed by atoms with E-state index in [2.05, 4.69) is 17.0 Å². The van der Waals surface area contributed by atoms with E-state index in [4.69, 9.17) is 10.2 Å². The highest BCUT2D eigenvalue weighted by Gasteiger charge is 2.03. The fraction of sp³-hybridized carbons (Fsp3) is 0.231. The SMILES string of the molecule is CN(Cc1ccco1)c1ccc(CN)cc1. The molecule has 2 rings (SSSR count). The number of hydrogen-bond donors (Lipinski definition) is 1. The second-order valence-corrected chi connectivity index (χ2v) is 3.81. The molecule has 1 aromatic heterocycles. The van der Waals surface area contributed by atoms with Crippen LogP contribution in [0.4, 0.5) is 5.69 Å². The van der Waals surface area contributed by atoms with Crippen molar-refractivity contribution >= 4 is 5.69 Å². The van der Waals surface area contributed by atoms with E-state index in [9.17, 15) is 0 Å². The molecule has 0 amide bonds. The molecule has 1 heterocycles. The number of benzene rings is 1. The van der Waals surface area contributed by atoms with Crippen LogP contribution in [0.3, 0.4) is 0 Å². The third-order valence-corrected chi connectivity index (χ3v) is 2.59. The third kappa shape index (κ3) is 2.44. The standard InChI is InChI=1S/C13H16N2O/c1-15(10-13-3-2-8-16-13)12-6-4-11(9-14)5-7-12/h2-8H,9-10,14H2,1H3. The summed E-state index contributed by atoms with van der Waals surface area (Å²) in [5.74, 6) is 0.963. The summed E-state index contributed by atoms with van der Waals surface area (Å²) in [5, 5.41) is 0. The summed E-state index contributed by atoms with van der Waals surface area (Å²) in [5.41, 5.74) is 7.87. The average Bonchev–Trinajstić information content (AvgIpc) is 2.82. The van der Waals surface area contributed by atoms with Crippen LogP contribution in [0.5, 0.6) is 0 Å². The number of nitrogens with two attached hydrogens (primary N) is 1. The molecule has 0 unspecified atom stereocenters. The summed E-state index contributed by atoms with van der Waals surface area (Å²) >= 11 is 0. The Bertz CT molecular complexity index is 420. The largest absolute Gasteiger partial charge is 0.467 e. The van der Waals surface area contributed by atoms with E-state index in [-0.39, 0.29) is 0 Å². The minimum absolute atomic E-state index is 0.585. The smallest absolute Gasteiger partial charge is 0.123 e. The number of rotatable bonds is 4. The van der Waals surface area contributed by atoms with Gasteiger partial charge in [0, 0.05) is 19.3 Å². The van der Waals surface area contributed by atoms with Crippen molar-refractivity contribution < 1.29 is 4.42 Å². The van der Waals surface area contributed by atoms with Gasteiger partial charge in [0.15, 0.2) is 0 Å². The minimum Gasteiger partial charge on any atom is -0.467 e. The van der Waals surface area contributed by atoms with Gasteiger partial charge in [-0.25, -0.2) is 0 Å². The molecule has 3 heteroatoms. The van der Waals surface area contributed by atoms with Gasteiger partial charge in [0.05, 0.1) is 12.8 Å². The summed E-state index contributed by atoms with van der Waals surface area (Å²) in [4.78, 5) is 2.14. The lowest BCUT2D eigenvalue weighted by atomic mass is 10.2. The molecular formula is C13H16N2O. The predicted octanol–water partition coefficient (Wildman–Crippen LogP) is 2.37. The van der Waals surface area contributed by atoms with E-state index in [1.807, 2.05) is 31.3 Å². The van der Waals surface area contributed by atoms with Crippen LogP contribution >= 0.6 is 0 Å². The maximum Gasteiger partial charge on any atom is 0.123 e. The topological polar surface area (TPSA) is 42.4 Å². The Hall–Kier alpha value is -1.74. The zero-order chi connectivity index (χ0) is 11.4. The van der Waals surface area contributed by atoms with Crippen molar-refractivity contribution in [2.24, 2.45) is 5.73 Å². The van der Waals surface area contributed by atoms with Crippen LogP contribution in [0.25, 0.3) is 0 Å². The Balaban J connectivity index is 2.05. The van der Waals surface area contributed by atoms with Crippen molar-refractivity contribution in [1.82, 2.24) is 0 Å². The van der Waals surface area contributed by atoms with E-state index in [1.165, 1.54) is 0 Å². The fourth-order valence-corrected chi connectivity index (χ4v) is 1.61. The van der Waals surface area contributed by atoms with Crippen molar-refractivity contribution in [3.8, 4) is 0 Å². The van der Waals surface area contributed by atoms with Gasteiger partial charge in [-0.05, 0) is 29.8 Å². The van der Waals surface area contributed by atoms with Crippen LogP contribution in [-0.2, 0) is 13.1 Å². The highest BCUT2D eigenvalue weighted by molar-refractivity contribution is 5.46. The second kappa shape index (κ2) is 4.86. The maximum absolute atomic E-state index is 5.56. The first-order chi connectivity index (χ1) is 7.79. The molecule has 3 nitrogen and oxygen atoms in total. The lowest BCUT2D eigenvalue weighted by Gasteiger charge is -2.18. The molecule has 2 N–H and O–H groups in total. The first-order valence-corrected chi connectivity index (χ1v) is 5.32. The zero-order valence-electron chi connectivity index (χ0n) is 9.39. The Morgan fingerprint density at radius 1 is 1.19 bits per heavy atom.